The molecule has 0 N–H and O–H groups in total. The van der Waals surface area contributed by atoms with Crippen LogP contribution in [0.25, 0.3) is 44.3 Å². The van der Waals surface area contributed by atoms with Crippen molar-refractivity contribution < 1.29 is 8.78 Å². The van der Waals surface area contributed by atoms with Crippen LogP contribution in [0.2, 0.25) is 0 Å². The summed E-state index contributed by atoms with van der Waals surface area (Å²) >= 11 is 2.48. The molecule has 2 aromatic heterocycles. The maximum atomic E-state index is 20.1. The Hall–Kier alpha value is -2.84. The van der Waals surface area contributed by atoms with Crippen molar-refractivity contribution in [2.75, 3.05) is 0 Å². The highest BCUT2D eigenvalue weighted by Gasteiger charge is 2.54. The highest BCUT2D eigenvalue weighted by molar-refractivity contribution is 7.00. The van der Waals surface area contributed by atoms with Crippen molar-refractivity contribution in [3.8, 4) is 22.3 Å². The summed E-state index contributed by atoms with van der Waals surface area (Å²) in [7, 11) is 0. The van der Waals surface area contributed by atoms with Crippen molar-refractivity contribution >= 4 is 45.5 Å². The molecule has 2 aliphatic carbocycles. The standard InChI is InChI=1S/C90H148F2N4S2/c1-7-11-15-19-23-27-31-35-39-43-47-51-55-59-63-67-89(68-64-60-56-52-48-44-40-36-32-28-24-20-16-12-8-2)75-71-73(5)85-87(95-97-93-85)77(75)79-81(89)83(91)80-78-76(72-74(6)86-88(78)96-98-94-86)90(82(80)84(79)92,69-65-61-57-53-49-45-41-37-33-29-25-21-17-13-9-3)70-66-62-58-54-50-46-42-38-34-30-26-22-18-14-10-4/h71-72H,7-70H2,1-6H3. The molecule has 2 aliphatic rings. The molecule has 0 spiro atoms. The van der Waals surface area contributed by atoms with Gasteiger partial charge in [0, 0.05) is 44.2 Å². The second-order valence-corrected chi connectivity index (χ2v) is 33.3. The van der Waals surface area contributed by atoms with E-state index in [0.717, 1.165) is 132 Å². The molecule has 4 nitrogen and oxygen atoms in total. The fourth-order valence-electron chi connectivity index (χ4n) is 18.3. The van der Waals surface area contributed by atoms with E-state index in [9.17, 15) is 0 Å². The van der Waals surface area contributed by atoms with Crippen molar-refractivity contribution in [2.24, 2.45) is 0 Å². The minimum atomic E-state index is -0.682. The number of halogens is 2. The number of unbranched alkanes of at least 4 members (excludes halogenated alkanes) is 56. The van der Waals surface area contributed by atoms with E-state index >= 15 is 8.78 Å². The molecule has 0 saturated carbocycles. The van der Waals surface area contributed by atoms with Crippen molar-refractivity contribution in [1.29, 1.82) is 0 Å². The topological polar surface area (TPSA) is 51.6 Å². The summed E-state index contributed by atoms with van der Waals surface area (Å²) in [5.41, 5.74) is 10.4. The minimum Gasteiger partial charge on any atom is -0.206 e. The number of fused-ring (bicyclic) bond motifs is 10. The molecule has 0 unspecified atom stereocenters. The summed E-state index contributed by atoms with van der Waals surface area (Å²) in [6, 6.07) is 4.69. The van der Waals surface area contributed by atoms with Gasteiger partial charge in [-0.05, 0) is 61.8 Å². The van der Waals surface area contributed by atoms with E-state index in [0.29, 0.717) is 22.3 Å². The van der Waals surface area contributed by atoms with Gasteiger partial charge in [-0.3, -0.25) is 0 Å². The highest BCUT2D eigenvalue weighted by Crippen LogP contribution is 2.65. The zero-order valence-electron chi connectivity index (χ0n) is 64.8. The molecule has 0 bridgehead atoms. The first-order valence-electron chi connectivity index (χ1n) is 43.4. The lowest BCUT2D eigenvalue weighted by atomic mass is 9.68. The summed E-state index contributed by atoms with van der Waals surface area (Å²) in [4.78, 5) is 0. The molecule has 0 radical (unpaired) electrons. The third-order valence-corrected chi connectivity index (χ3v) is 25.2. The number of nitrogens with zero attached hydrogens (tertiary/aromatic N) is 4. The maximum Gasteiger partial charge on any atom is 0.136 e. The smallest absolute Gasteiger partial charge is 0.136 e. The van der Waals surface area contributed by atoms with Crippen molar-refractivity contribution in [3.63, 3.8) is 0 Å². The lowest BCUT2D eigenvalue weighted by Gasteiger charge is -2.35. The summed E-state index contributed by atoms with van der Waals surface area (Å²) in [5.74, 6) is -0.337. The molecule has 5 aromatic rings. The monoisotopic (exact) mass is 1390 g/mol. The number of aromatic nitrogens is 4. The van der Waals surface area contributed by atoms with Gasteiger partial charge in [0.05, 0.1) is 23.5 Å². The van der Waals surface area contributed by atoms with E-state index in [2.05, 4.69) is 53.7 Å². The fraction of sp³-hybridized carbons (Fsp3) is 0.800. The molecule has 2 heterocycles. The predicted octanol–water partition coefficient (Wildman–Crippen LogP) is 32.2. The Bertz CT molecular complexity index is 2640. The van der Waals surface area contributed by atoms with Gasteiger partial charge in [-0.1, -0.05) is 425 Å². The van der Waals surface area contributed by atoms with Gasteiger partial charge >= 0.3 is 0 Å². The first kappa shape index (κ1) is 82.4. The quantitative estimate of drug-likeness (QED) is 0.0364. The van der Waals surface area contributed by atoms with Crippen molar-refractivity contribution in [3.05, 3.63) is 57.1 Å². The van der Waals surface area contributed by atoms with Crippen LogP contribution in [-0.2, 0) is 10.8 Å². The van der Waals surface area contributed by atoms with Crippen LogP contribution < -0.4 is 0 Å². The zero-order valence-corrected chi connectivity index (χ0v) is 66.4. The summed E-state index contributed by atoms with van der Waals surface area (Å²) in [6.45, 7) is 13.6. The first-order valence-corrected chi connectivity index (χ1v) is 44.9. The molecule has 0 saturated heterocycles. The summed E-state index contributed by atoms with van der Waals surface area (Å²) < 4.78 is 60.3. The normalized spacial score (nSPS) is 13.6. The number of aryl methyl sites for hydroxylation is 2. The van der Waals surface area contributed by atoms with Crippen molar-refractivity contribution in [1.82, 2.24) is 17.5 Å². The van der Waals surface area contributed by atoms with E-state index in [-0.39, 0.29) is 11.6 Å². The molecule has 554 valence electrons. The summed E-state index contributed by atoms with van der Waals surface area (Å²) in [6.07, 6.45) is 81.7. The van der Waals surface area contributed by atoms with Gasteiger partial charge in [-0.15, -0.1) is 0 Å². The van der Waals surface area contributed by atoms with Gasteiger partial charge in [-0.25, -0.2) is 8.78 Å². The van der Waals surface area contributed by atoms with Gasteiger partial charge in [0.2, 0.25) is 0 Å². The lowest BCUT2D eigenvalue weighted by Crippen LogP contribution is -2.29. The molecule has 3 aromatic carbocycles. The van der Waals surface area contributed by atoms with Crippen LogP contribution in [0.4, 0.5) is 8.78 Å². The predicted molar refractivity (Wildman–Crippen MR) is 428 cm³/mol. The Balaban J connectivity index is 1.16. The van der Waals surface area contributed by atoms with Crippen LogP contribution in [0.1, 0.15) is 472 Å². The van der Waals surface area contributed by atoms with Gasteiger partial charge in [-0.2, -0.15) is 17.5 Å². The van der Waals surface area contributed by atoms with Gasteiger partial charge in [0.25, 0.3) is 0 Å². The Morgan fingerprint density at radius 3 is 0.612 bits per heavy atom. The molecule has 0 atom stereocenters. The van der Waals surface area contributed by atoms with Crippen LogP contribution in [0.3, 0.4) is 0 Å². The van der Waals surface area contributed by atoms with Crippen LogP contribution in [0, 0.1) is 25.5 Å². The third-order valence-electron chi connectivity index (χ3n) is 24.2. The average Bonchev–Trinajstić information content (AvgIpc) is 1.50. The number of benzene rings is 3. The van der Waals surface area contributed by atoms with Gasteiger partial charge in [0.1, 0.15) is 33.7 Å². The van der Waals surface area contributed by atoms with E-state index in [1.165, 1.54) is 357 Å². The molecule has 8 heteroatoms. The Kier molecular flexibility index (Phi) is 41.2. The third kappa shape index (κ3) is 25.2. The van der Waals surface area contributed by atoms with E-state index < -0.39 is 10.8 Å². The SMILES string of the molecule is CCCCCCCCCCCCCCCCCC1(CCCCCCCCCCCCCCCCC)c2cc(C)c3nsnc3c2-c2c(F)c3c(c(F)c21)-c1c(cc(C)c2nsnc12)C3(CCCCCCCCCCCCCCCCC)CCCCCCCCCCCCCCCCC. The molecule has 0 fully saturated rings. The minimum absolute atomic E-state index is 0.169. The molecular weight excluding hydrogens is 1240 g/mol. The maximum absolute atomic E-state index is 20.1. The van der Waals surface area contributed by atoms with Gasteiger partial charge in [0.15, 0.2) is 0 Å². The molecular formula is C90H148F2N4S2. The van der Waals surface area contributed by atoms with Gasteiger partial charge < -0.3 is 0 Å². The zero-order chi connectivity index (χ0) is 69.1. The number of hydrogen-bond donors (Lipinski definition) is 0. The lowest BCUT2D eigenvalue weighted by molar-refractivity contribution is 0.374. The number of hydrogen-bond acceptors (Lipinski definition) is 6. The van der Waals surface area contributed by atoms with E-state index in [4.69, 9.17) is 17.5 Å². The van der Waals surface area contributed by atoms with Crippen LogP contribution >= 0.6 is 23.5 Å². The molecule has 7 rings (SSSR count). The second kappa shape index (κ2) is 49.0. The second-order valence-electron chi connectivity index (χ2n) is 32.2. The first-order chi connectivity index (χ1) is 48.3. The van der Waals surface area contributed by atoms with Crippen LogP contribution in [-0.4, -0.2) is 17.5 Å². The molecule has 98 heavy (non-hydrogen) atoms. The van der Waals surface area contributed by atoms with Crippen LogP contribution in [0.15, 0.2) is 12.1 Å². The largest absolute Gasteiger partial charge is 0.206 e. The number of rotatable bonds is 64. The Morgan fingerprint density at radius 2 is 0.418 bits per heavy atom. The fourth-order valence-corrected chi connectivity index (χ4v) is 19.5. The Morgan fingerprint density at radius 1 is 0.245 bits per heavy atom. The van der Waals surface area contributed by atoms with E-state index in [1.807, 2.05) is 0 Å². The average molecular weight is 1390 g/mol. The highest BCUT2D eigenvalue weighted by atomic mass is 32.1. The Labute approximate surface area is 610 Å². The van der Waals surface area contributed by atoms with Crippen molar-refractivity contribution in [2.45, 2.75) is 463 Å². The van der Waals surface area contributed by atoms with Crippen LogP contribution in [0.5, 0.6) is 0 Å². The molecule has 0 amide bonds. The summed E-state index contributed by atoms with van der Waals surface area (Å²) in [5, 5.41) is 0. The molecule has 0 aliphatic heterocycles. The van der Waals surface area contributed by atoms with E-state index in [1.54, 1.807) is 0 Å².